The van der Waals surface area contributed by atoms with Gasteiger partial charge in [0.1, 0.15) is 6.23 Å². The van der Waals surface area contributed by atoms with Gasteiger partial charge in [-0.15, -0.1) is 16.0 Å². The number of hydrogen-bond acceptors (Lipinski definition) is 4. The van der Waals surface area contributed by atoms with Crippen LogP contribution in [-0.4, -0.2) is 28.2 Å². The molecule has 0 bridgehead atoms. The molecule has 6 heteroatoms. The van der Waals surface area contributed by atoms with Crippen LogP contribution in [0.15, 0.2) is 0 Å². The highest BCUT2D eigenvalue weighted by Crippen LogP contribution is 1.66. The zero-order valence-electron chi connectivity index (χ0n) is 6.94. The molecule has 6 nitrogen and oxygen atoms in total. The Labute approximate surface area is 70.3 Å². The predicted octanol–water partition coefficient (Wildman–Crippen LogP) is -0.410. The van der Waals surface area contributed by atoms with E-state index in [9.17, 15) is 0 Å². The lowest BCUT2D eigenvalue weighted by Gasteiger charge is -2.00. The third kappa shape index (κ3) is 37.8. The molecule has 0 fully saturated rings. The van der Waals surface area contributed by atoms with E-state index in [2.05, 4.69) is 17.2 Å². The Kier molecular flexibility index (Phi) is 10.7. The minimum Gasteiger partial charge on any atom is -0.379 e. The van der Waals surface area contributed by atoms with Crippen molar-refractivity contribution in [2.24, 2.45) is 0 Å². The lowest BCUT2D eigenvalue weighted by molar-refractivity contribution is -0.742. The first-order valence-corrected chi connectivity index (χ1v) is 3.15. The van der Waals surface area contributed by atoms with Crippen LogP contribution in [0.3, 0.4) is 0 Å². The van der Waals surface area contributed by atoms with Crippen molar-refractivity contribution in [1.82, 2.24) is 5.32 Å². The molecule has 0 saturated heterocycles. The molecule has 0 aliphatic rings. The Morgan fingerprint density at radius 3 is 2.42 bits per heavy atom. The van der Waals surface area contributed by atoms with E-state index < -0.39 is 11.3 Å². The van der Waals surface area contributed by atoms with Crippen molar-refractivity contribution in [3.05, 3.63) is 10.1 Å². The summed E-state index contributed by atoms with van der Waals surface area (Å²) in [7, 11) is 0. The summed E-state index contributed by atoms with van der Waals surface area (Å²) < 4.78 is 0. The van der Waals surface area contributed by atoms with Gasteiger partial charge in [-0.2, -0.15) is 0 Å². The average Bonchev–Trinajstić information content (AvgIpc) is 1.86. The molecule has 0 spiro atoms. The number of aliphatic hydroxyl groups is 1. The fraction of sp³-hybridized carbons (Fsp3) is 0.667. The molecule has 70 valence electrons. The molecular formula is C6H12N2O4. The molecule has 0 heterocycles. The second kappa shape index (κ2) is 9.68. The normalized spacial score (nSPS) is 9.92. The van der Waals surface area contributed by atoms with Gasteiger partial charge in [0.15, 0.2) is 0 Å². The number of nitrogens with zero attached hydrogens (tertiary/aromatic N) is 1. The molecule has 0 aromatic rings. The van der Waals surface area contributed by atoms with E-state index in [1.165, 1.54) is 0 Å². The zero-order chi connectivity index (χ0) is 9.98. The standard InChI is InChI=1S/C6H11NO.HNO3/c1-3-4-5-7-6(2)8;2-1(3)4/h6-8H,5H2,1-2H3;(H,2,3,4). The van der Waals surface area contributed by atoms with Gasteiger partial charge in [-0.25, -0.2) is 0 Å². The SMILES string of the molecule is CC#CCNC(C)O.O=[N+]([O-])O. The van der Waals surface area contributed by atoms with Gasteiger partial charge in [-0.1, -0.05) is 5.92 Å². The highest BCUT2D eigenvalue weighted by atomic mass is 16.9. The zero-order valence-corrected chi connectivity index (χ0v) is 6.94. The van der Waals surface area contributed by atoms with Crippen molar-refractivity contribution in [1.29, 1.82) is 0 Å². The molecule has 1 atom stereocenters. The number of rotatable bonds is 2. The maximum absolute atomic E-state index is 8.60. The second-order valence-corrected chi connectivity index (χ2v) is 1.72. The monoisotopic (exact) mass is 176 g/mol. The summed E-state index contributed by atoms with van der Waals surface area (Å²) in [6.45, 7) is 4.00. The Balaban J connectivity index is 0. The van der Waals surface area contributed by atoms with Crippen LogP contribution in [0.5, 0.6) is 0 Å². The van der Waals surface area contributed by atoms with Crippen molar-refractivity contribution >= 4 is 0 Å². The van der Waals surface area contributed by atoms with Crippen LogP contribution in [0.2, 0.25) is 0 Å². The van der Waals surface area contributed by atoms with Gasteiger partial charge in [0.25, 0.3) is 5.09 Å². The Morgan fingerprint density at radius 2 is 2.17 bits per heavy atom. The molecule has 12 heavy (non-hydrogen) atoms. The molecule has 0 amide bonds. The maximum Gasteiger partial charge on any atom is 0.291 e. The first-order valence-electron chi connectivity index (χ1n) is 3.15. The highest BCUT2D eigenvalue weighted by Gasteiger charge is 1.85. The Morgan fingerprint density at radius 1 is 1.75 bits per heavy atom. The van der Waals surface area contributed by atoms with Gasteiger partial charge in [-0.05, 0) is 13.8 Å². The van der Waals surface area contributed by atoms with E-state index in [4.69, 9.17) is 20.4 Å². The van der Waals surface area contributed by atoms with Crippen LogP contribution >= 0.6 is 0 Å². The molecule has 0 radical (unpaired) electrons. The summed E-state index contributed by atoms with van der Waals surface area (Å²) in [6.07, 6.45) is -0.448. The van der Waals surface area contributed by atoms with Crippen molar-refractivity contribution in [2.75, 3.05) is 6.54 Å². The van der Waals surface area contributed by atoms with Gasteiger partial charge < -0.3 is 10.3 Å². The van der Waals surface area contributed by atoms with E-state index in [0.29, 0.717) is 6.54 Å². The lowest BCUT2D eigenvalue weighted by atomic mass is 10.5. The topological polar surface area (TPSA) is 95.6 Å². The lowest BCUT2D eigenvalue weighted by Crippen LogP contribution is -2.25. The van der Waals surface area contributed by atoms with Crippen molar-refractivity contribution < 1.29 is 15.4 Å². The van der Waals surface area contributed by atoms with E-state index in [0.717, 1.165) is 0 Å². The van der Waals surface area contributed by atoms with Crippen LogP contribution in [0.4, 0.5) is 0 Å². The van der Waals surface area contributed by atoms with E-state index in [-0.39, 0.29) is 0 Å². The molecule has 0 rings (SSSR count). The molecule has 0 saturated carbocycles. The molecule has 0 aliphatic carbocycles. The van der Waals surface area contributed by atoms with E-state index in [1.807, 2.05) is 0 Å². The van der Waals surface area contributed by atoms with Gasteiger partial charge in [0.05, 0.1) is 6.54 Å². The highest BCUT2D eigenvalue weighted by molar-refractivity contribution is 4.96. The molecule has 3 N–H and O–H groups in total. The summed E-state index contributed by atoms with van der Waals surface area (Å²) in [4.78, 5) is 8.36. The van der Waals surface area contributed by atoms with Crippen molar-refractivity contribution in [2.45, 2.75) is 20.1 Å². The fourth-order valence-electron chi connectivity index (χ4n) is 0.287. The van der Waals surface area contributed by atoms with Crippen LogP contribution in [0.25, 0.3) is 0 Å². The second-order valence-electron chi connectivity index (χ2n) is 1.72. The van der Waals surface area contributed by atoms with Crippen LogP contribution in [0, 0.1) is 22.0 Å². The third-order valence-electron chi connectivity index (χ3n) is 0.663. The summed E-state index contributed by atoms with van der Waals surface area (Å²) >= 11 is 0. The van der Waals surface area contributed by atoms with Crippen molar-refractivity contribution in [3.8, 4) is 11.8 Å². The molecular weight excluding hydrogens is 164 g/mol. The average molecular weight is 176 g/mol. The molecule has 0 aromatic carbocycles. The van der Waals surface area contributed by atoms with Crippen molar-refractivity contribution in [3.63, 3.8) is 0 Å². The number of aliphatic hydroxyl groups excluding tert-OH is 1. The minimum atomic E-state index is -1.50. The largest absolute Gasteiger partial charge is 0.379 e. The maximum atomic E-state index is 8.60. The number of hydrogen-bond donors (Lipinski definition) is 3. The summed E-state index contributed by atoms with van der Waals surface area (Å²) in [5.41, 5.74) is 0. The summed E-state index contributed by atoms with van der Waals surface area (Å²) in [5.74, 6) is 5.46. The van der Waals surface area contributed by atoms with Gasteiger partial charge in [0, 0.05) is 0 Å². The smallest absolute Gasteiger partial charge is 0.291 e. The van der Waals surface area contributed by atoms with Gasteiger partial charge in [-0.3, -0.25) is 5.32 Å². The summed E-state index contributed by atoms with van der Waals surface area (Å²) in [6, 6.07) is 0. The Hall–Kier alpha value is -1.32. The minimum absolute atomic E-state index is 0.448. The number of nitrogens with one attached hydrogen (secondary N) is 1. The van der Waals surface area contributed by atoms with Gasteiger partial charge >= 0.3 is 0 Å². The quantitative estimate of drug-likeness (QED) is 0.230. The third-order valence-corrected chi connectivity index (χ3v) is 0.663. The fourth-order valence-corrected chi connectivity index (χ4v) is 0.287. The van der Waals surface area contributed by atoms with Gasteiger partial charge in [0.2, 0.25) is 0 Å². The molecule has 0 aliphatic heterocycles. The van der Waals surface area contributed by atoms with Crippen LogP contribution < -0.4 is 5.32 Å². The van der Waals surface area contributed by atoms with E-state index in [1.54, 1.807) is 13.8 Å². The van der Waals surface area contributed by atoms with Crippen LogP contribution in [-0.2, 0) is 0 Å². The molecule has 0 aromatic heterocycles. The van der Waals surface area contributed by atoms with E-state index >= 15 is 0 Å². The molecule has 1 unspecified atom stereocenters. The Bertz CT molecular complexity index is 166. The first kappa shape index (κ1) is 13.3. The van der Waals surface area contributed by atoms with Crippen LogP contribution in [0.1, 0.15) is 13.8 Å². The summed E-state index contributed by atoms with van der Waals surface area (Å²) in [5, 5.41) is 25.0. The first-order chi connectivity index (χ1) is 5.50. The predicted molar refractivity (Wildman–Crippen MR) is 41.9 cm³/mol.